The highest BCUT2D eigenvalue weighted by atomic mass is 15.4. The summed E-state index contributed by atoms with van der Waals surface area (Å²) >= 11 is 0. The summed E-state index contributed by atoms with van der Waals surface area (Å²) in [6.45, 7) is 2.23. The van der Waals surface area contributed by atoms with Gasteiger partial charge in [0.2, 0.25) is 0 Å². The minimum absolute atomic E-state index is 0.0254. The van der Waals surface area contributed by atoms with Gasteiger partial charge in [-0.3, -0.25) is 0 Å². The van der Waals surface area contributed by atoms with Gasteiger partial charge in [-0.2, -0.15) is 0 Å². The number of hydrogen-bond donors (Lipinski definition) is 0. The van der Waals surface area contributed by atoms with Crippen LogP contribution in [0.25, 0.3) is 5.70 Å². The van der Waals surface area contributed by atoms with Crippen LogP contribution in [0.2, 0.25) is 0 Å². The summed E-state index contributed by atoms with van der Waals surface area (Å²) in [5.41, 5.74) is 6.13. The number of hydrogen-bond acceptors (Lipinski definition) is 2. The molecule has 0 N–H and O–H groups in total. The third-order valence-corrected chi connectivity index (χ3v) is 5.78. The molecule has 4 aromatic rings. The standard InChI is InChI=1S/C27H25N3/c1-21-26(22-13-6-3-7-14-22)30(24-17-10-5-11-18-24)27(23-15-8-4-9-16-23)29(21)25-19-12-20-28(25)2/h3-20,27H,1-2H3. The maximum atomic E-state index is 2.47. The Kier molecular flexibility index (Phi) is 4.64. The second kappa shape index (κ2) is 7.60. The first-order valence-corrected chi connectivity index (χ1v) is 10.3. The third kappa shape index (κ3) is 3.00. The molecular formula is C27H25N3. The Labute approximate surface area is 178 Å². The van der Waals surface area contributed by atoms with E-state index in [9.17, 15) is 0 Å². The van der Waals surface area contributed by atoms with Crippen molar-refractivity contribution in [2.75, 3.05) is 9.80 Å². The SMILES string of the molecule is CC1=C(c2ccccc2)N(c2ccccc2)C(c2ccccc2)N1c1cccn1C. The van der Waals surface area contributed by atoms with Crippen LogP contribution in [0.3, 0.4) is 0 Å². The fourth-order valence-corrected chi connectivity index (χ4v) is 4.44. The highest BCUT2D eigenvalue weighted by Crippen LogP contribution is 2.48. The van der Waals surface area contributed by atoms with E-state index in [-0.39, 0.29) is 6.17 Å². The molecule has 30 heavy (non-hydrogen) atoms. The molecule has 0 amide bonds. The second-order valence-corrected chi connectivity index (χ2v) is 7.64. The van der Waals surface area contributed by atoms with E-state index in [0.717, 1.165) is 0 Å². The molecule has 0 saturated heterocycles. The molecule has 0 fully saturated rings. The molecule has 1 aliphatic rings. The number of nitrogens with zero attached hydrogens (tertiary/aromatic N) is 3. The van der Waals surface area contributed by atoms with Crippen LogP contribution in [0, 0.1) is 0 Å². The van der Waals surface area contributed by atoms with Gasteiger partial charge < -0.3 is 14.4 Å². The zero-order chi connectivity index (χ0) is 20.5. The van der Waals surface area contributed by atoms with E-state index in [1.54, 1.807) is 0 Å². The van der Waals surface area contributed by atoms with Crippen LogP contribution in [0.1, 0.15) is 24.2 Å². The van der Waals surface area contributed by atoms with Gasteiger partial charge in [0.05, 0.1) is 5.70 Å². The van der Waals surface area contributed by atoms with Crippen LogP contribution < -0.4 is 9.80 Å². The van der Waals surface area contributed by atoms with Crippen LogP contribution in [0.4, 0.5) is 11.5 Å². The topological polar surface area (TPSA) is 11.4 Å². The Morgan fingerprint density at radius 3 is 1.83 bits per heavy atom. The molecule has 3 nitrogen and oxygen atoms in total. The van der Waals surface area contributed by atoms with Crippen molar-refractivity contribution in [2.45, 2.75) is 13.1 Å². The minimum Gasteiger partial charge on any atom is -0.337 e. The van der Waals surface area contributed by atoms with Crippen molar-refractivity contribution >= 4 is 17.2 Å². The lowest BCUT2D eigenvalue weighted by Gasteiger charge is -2.35. The summed E-state index contributed by atoms with van der Waals surface area (Å²) in [6, 6.07) is 36.5. The van der Waals surface area contributed by atoms with E-state index >= 15 is 0 Å². The predicted molar refractivity (Wildman–Crippen MR) is 125 cm³/mol. The molecule has 5 rings (SSSR count). The molecule has 0 radical (unpaired) electrons. The number of anilines is 2. The number of aryl methyl sites for hydroxylation is 1. The molecule has 0 saturated carbocycles. The highest BCUT2D eigenvalue weighted by Gasteiger charge is 2.40. The van der Waals surface area contributed by atoms with Crippen LogP contribution in [-0.4, -0.2) is 4.57 Å². The van der Waals surface area contributed by atoms with E-state index in [4.69, 9.17) is 0 Å². The molecule has 3 aromatic carbocycles. The largest absolute Gasteiger partial charge is 0.337 e. The van der Waals surface area contributed by atoms with Crippen LogP contribution in [-0.2, 0) is 7.05 Å². The van der Waals surface area contributed by atoms with Crippen molar-refractivity contribution in [3.8, 4) is 0 Å². The molecule has 0 aliphatic carbocycles. The van der Waals surface area contributed by atoms with Crippen LogP contribution in [0.15, 0.2) is 115 Å². The number of aromatic nitrogens is 1. The van der Waals surface area contributed by atoms with Crippen LogP contribution in [0.5, 0.6) is 0 Å². The fraction of sp³-hybridized carbons (Fsp3) is 0.111. The van der Waals surface area contributed by atoms with Crippen molar-refractivity contribution in [1.29, 1.82) is 0 Å². The molecule has 1 atom stereocenters. The van der Waals surface area contributed by atoms with Crippen LogP contribution >= 0.6 is 0 Å². The first-order chi connectivity index (χ1) is 14.8. The summed E-state index contributed by atoms with van der Waals surface area (Å²) in [6.07, 6.45) is 2.13. The van der Waals surface area contributed by atoms with Gasteiger partial charge in [0, 0.05) is 24.6 Å². The maximum absolute atomic E-state index is 2.47. The Hall–Kier alpha value is -3.72. The summed E-state index contributed by atoms with van der Waals surface area (Å²) < 4.78 is 2.19. The van der Waals surface area contributed by atoms with Gasteiger partial charge in [-0.25, -0.2) is 0 Å². The fourth-order valence-electron chi connectivity index (χ4n) is 4.44. The summed E-state index contributed by atoms with van der Waals surface area (Å²) in [5.74, 6) is 1.17. The molecule has 1 aliphatic heterocycles. The quantitative estimate of drug-likeness (QED) is 0.397. The summed E-state index contributed by atoms with van der Waals surface area (Å²) in [5, 5.41) is 0. The first-order valence-electron chi connectivity index (χ1n) is 10.3. The third-order valence-electron chi connectivity index (χ3n) is 5.78. The van der Waals surface area contributed by atoms with Crippen molar-refractivity contribution in [2.24, 2.45) is 7.05 Å². The summed E-state index contributed by atoms with van der Waals surface area (Å²) in [7, 11) is 2.11. The molecule has 1 unspecified atom stereocenters. The lowest BCUT2D eigenvalue weighted by Crippen LogP contribution is -2.33. The smallest absolute Gasteiger partial charge is 0.138 e. The first kappa shape index (κ1) is 18.3. The van der Waals surface area contributed by atoms with E-state index in [2.05, 4.69) is 138 Å². The van der Waals surface area contributed by atoms with Gasteiger partial charge >= 0.3 is 0 Å². The van der Waals surface area contributed by atoms with Crippen molar-refractivity contribution < 1.29 is 0 Å². The van der Waals surface area contributed by atoms with E-state index in [1.807, 2.05) is 0 Å². The number of allylic oxidation sites excluding steroid dienone is 1. The highest BCUT2D eigenvalue weighted by molar-refractivity contribution is 5.89. The van der Waals surface area contributed by atoms with Gasteiger partial charge in [-0.1, -0.05) is 78.9 Å². The average Bonchev–Trinajstić information content (AvgIpc) is 3.35. The Morgan fingerprint density at radius 1 is 0.633 bits per heavy atom. The van der Waals surface area contributed by atoms with Crippen molar-refractivity contribution in [1.82, 2.24) is 4.57 Å². The molecule has 148 valence electrons. The van der Waals surface area contributed by atoms with E-state index < -0.39 is 0 Å². The number of para-hydroxylation sites is 1. The van der Waals surface area contributed by atoms with Gasteiger partial charge in [0.15, 0.2) is 0 Å². The van der Waals surface area contributed by atoms with Gasteiger partial charge in [0.1, 0.15) is 12.0 Å². The Morgan fingerprint density at radius 2 is 1.23 bits per heavy atom. The lowest BCUT2D eigenvalue weighted by molar-refractivity contribution is 0.700. The Bertz CT molecular complexity index is 1160. The van der Waals surface area contributed by atoms with Gasteiger partial charge in [0.25, 0.3) is 0 Å². The molecule has 1 aromatic heterocycles. The molecule has 3 heteroatoms. The second-order valence-electron chi connectivity index (χ2n) is 7.64. The average molecular weight is 392 g/mol. The van der Waals surface area contributed by atoms with E-state index in [0.29, 0.717) is 0 Å². The zero-order valence-electron chi connectivity index (χ0n) is 17.3. The van der Waals surface area contributed by atoms with Gasteiger partial charge in [-0.05, 0) is 42.3 Å². The molecular weight excluding hydrogens is 366 g/mol. The minimum atomic E-state index is 0.0254. The number of rotatable bonds is 4. The maximum Gasteiger partial charge on any atom is 0.138 e. The molecule has 0 bridgehead atoms. The Balaban J connectivity index is 1.79. The van der Waals surface area contributed by atoms with Crippen molar-refractivity contribution in [3.05, 3.63) is 126 Å². The normalized spacial score (nSPS) is 16.4. The molecule has 2 heterocycles. The monoisotopic (exact) mass is 391 g/mol. The number of benzene rings is 3. The van der Waals surface area contributed by atoms with E-state index in [1.165, 1.54) is 34.0 Å². The molecule has 0 spiro atoms. The lowest BCUT2D eigenvalue weighted by atomic mass is 10.1. The summed E-state index contributed by atoms with van der Waals surface area (Å²) in [4.78, 5) is 4.91. The van der Waals surface area contributed by atoms with Crippen molar-refractivity contribution in [3.63, 3.8) is 0 Å². The predicted octanol–water partition coefficient (Wildman–Crippen LogP) is 6.44. The zero-order valence-corrected chi connectivity index (χ0v) is 17.3. The van der Waals surface area contributed by atoms with Gasteiger partial charge in [-0.15, -0.1) is 0 Å².